The molecule has 0 N–H and O–H groups in total. The van der Waals surface area contributed by atoms with Gasteiger partial charge in [-0.25, -0.2) is 0 Å². The number of thioether (sulfide) groups is 1. The molecule has 0 aliphatic rings. The van der Waals surface area contributed by atoms with Crippen LogP contribution in [0.4, 0.5) is 22.0 Å². The molecule has 0 unspecified atom stereocenters. The van der Waals surface area contributed by atoms with Crippen LogP contribution in [0.2, 0.25) is 0 Å². The Labute approximate surface area is 69.1 Å². The molecule has 0 radical (unpaired) electrons. The number of alkyl halides is 5. The second-order valence-corrected chi connectivity index (χ2v) is 3.05. The van der Waals surface area contributed by atoms with E-state index in [-0.39, 0.29) is 11.8 Å². The highest BCUT2D eigenvalue weighted by Gasteiger charge is 2.60. The van der Waals surface area contributed by atoms with Crippen molar-refractivity contribution in [3.63, 3.8) is 0 Å². The minimum atomic E-state index is -5.58. The van der Waals surface area contributed by atoms with Gasteiger partial charge >= 0.3 is 12.1 Å². The Morgan fingerprint density at radius 3 is 1.64 bits per heavy atom. The van der Waals surface area contributed by atoms with E-state index in [1.54, 1.807) is 0 Å². The molecule has 0 rings (SSSR count). The van der Waals surface area contributed by atoms with Gasteiger partial charge < -0.3 is 0 Å². The normalized spacial score (nSPS) is 13.3. The Bertz CT molecular complexity index is 160. The number of hydrogen-bond acceptors (Lipinski definition) is 2. The zero-order chi connectivity index (χ0) is 9.28. The molecule has 11 heavy (non-hydrogen) atoms. The van der Waals surface area contributed by atoms with Gasteiger partial charge in [-0.3, -0.25) is 0 Å². The molecule has 0 heterocycles. The lowest BCUT2D eigenvalue weighted by Crippen LogP contribution is -2.41. The van der Waals surface area contributed by atoms with Crippen LogP contribution in [0.3, 0.4) is 0 Å². The molecule has 0 spiro atoms. The van der Waals surface area contributed by atoms with Gasteiger partial charge in [0.15, 0.2) is 0 Å². The lowest BCUT2D eigenvalue weighted by molar-refractivity contribution is -0.247. The predicted octanol–water partition coefficient (Wildman–Crippen LogP) is 2.87. The van der Waals surface area contributed by atoms with Crippen LogP contribution in [-0.4, -0.2) is 22.6 Å². The van der Waals surface area contributed by atoms with Crippen LogP contribution in [-0.2, 0) is 0 Å². The number of rotatable bonds is 1. The zero-order valence-corrected chi connectivity index (χ0v) is 6.84. The molecule has 0 aromatic carbocycles. The van der Waals surface area contributed by atoms with Crippen LogP contribution < -0.4 is 0 Å². The van der Waals surface area contributed by atoms with Crippen molar-refractivity contribution in [3.05, 3.63) is 0 Å². The third-order valence-corrected chi connectivity index (χ3v) is 2.18. The molecule has 0 atom stereocenters. The molecular weight excluding hydrogens is 207 g/mol. The Morgan fingerprint density at radius 2 is 1.55 bits per heavy atom. The highest BCUT2D eigenvalue weighted by Crippen LogP contribution is 2.39. The molecule has 0 aromatic heterocycles. The van der Waals surface area contributed by atoms with Gasteiger partial charge in [0.1, 0.15) is 4.20 Å². The molecule has 0 fully saturated rings. The highest BCUT2D eigenvalue weighted by molar-refractivity contribution is 8.22. The highest BCUT2D eigenvalue weighted by atomic mass is 32.2. The van der Waals surface area contributed by atoms with E-state index in [9.17, 15) is 22.0 Å². The summed E-state index contributed by atoms with van der Waals surface area (Å²) >= 11 is 4.05. The summed E-state index contributed by atoms with van der Waals surface area (Å²) in [5.41, 5.74) is 0. The molecule has 0 amide bonds. The van der Waals surface area contributed by atoms with Crippen LogP contribution in [0.25, 0.3) is 0 Å². The van der Waals surface area contributed by atoms with Crippen LogP contribution in [0.5, 0.6) is 0 Å². The van der Waals surface area contributed by atoms with Gasteiger partial charge in [-0.15, -0.1) is 11.8 Å². The Balaban J connectivity index is 4.59. The van der Waals surface area contributed by atoms with E-state index >= 15 is 0 Å². The third kappa shape index (κ3) is 2.26. The Hall–Kier alpha value is 0.0900. The lowest BCUT2D eigenvalue weighted by atomic mass is 10.4. The maximum absolute atomic E-state index is 12.0. The van der Waals surface area contributed by atoms with Crippen molar-refractivity contribution in [2.75, 3.05) is 6.26 Å². The zero-order valence-electron chi connectivity index (χ0n) is 5.21. The number of thiocarbonyl (C=S) groups is 1. The maximum Gasteiger partial charge on any atom is 0.459 e. The molecule has 0 aromatic rings. The monoisotopic (exact) mass is 210 g/mol. The van der Waals surface area contributed by atoms with E-state index < -0.39 is 16.3 Å². The van der Waals surface area contributed by atoms with Gasteiger partial charge in [-0.05, 0) is 6.26 Å². The predicted molar refractivity (Wildman–Crippen MR) is 37.1 cm³/mol. The van der Waals surface area contributed by atoms with E-state index in [4.69, 9.17) is 0 Å². The topological polar surface area (TPSA) is 0 Å². The van der Waals surface area contributed by atoms with E-state index in [0.717, 1.165) is 6.26 Å². The molecular formula is C4H3F5S2. The van der Waals surface area contributed by atoms with Crippen LogP contribution in [0.1, 0.15) is 0 Å². The van der Waals surface area contributed by atoms with Gasteiger partial charge in [0.2, 0.25) is 0 Å². The van der Waals surface area contributed by atoms with Crippen LogP contribution in [0.15, 0.2) is 0 Å². The van der Waals surface area contributed by atoms with E-state index in [1.165, 1.54) is 0 Å². The minimum absolute atomic E-state index is 0.220. The van der Waals surface area contributed by atoms with Crippen molar-refractivity contribution in [2.45, 2.75) is 12.1 Å². The fourth-order valence-electron chi connectivity index (χ4n) is 0.244. The van der Waals surface area contributed by atoms with Crippen molar-refractivity contribution in [1.82, 2.24) is 0 Å². The van der Waals surface area contributed by atoms with Crippen molar-refractivity contribution in [1.29, 1.82) is 0 Å². The first-order chi connectivity index (χ1) is 4.73. The lowest BCUT2D eigenvalue weighted by Gasteiger charge is -2.18. The maximum atomic E-state index is 12.0. The fourth-order valence-corrected chi connectivity index (χ4v) is 0.732. The standard InChI is InChI=1S/C4H3F5S2/c1-11-2(10)3(5,6)4(7,8)9/h1H3. The summed E-state index contributed by atoms with van der Waals surface area (Å²) in [6.07, 6.45) is -4.50. The van der Waals surface area contributed by atoms with Crippen molar-refractivity contribution in [3.8, 4) is 0 Å². The summed E-state index contributed by atoms with van der Waals surface area (Å²) < 4.78 is 57.0. The molecule has 0 nitrogen and oxygen atoms in total. The average Bonchev–Trinajstić information content (AvgIpc) is 1.83. The Morgan fingerprint density at radius 1 is 1.18 bits per heavy atom. The summed E-state index contributed by atoms with van der Waals surface area (Å²) in [7, 11) is 0. The van der Waals surface area contributed by atoms with Gasteiger partial charge in [-0.1, -0.05) is 12.2 Å². The summed E-state index contributed by atoms with van der Waals surface area (Å²) in [6.45, 7) is 0. The van der Waals surface area contributed by atoms with E-state index in [0.29, 0.717) is 0 Å². The SMILES string of the molecule is CSC(=S)C(F)(F)C(F)(F)F. The largest absolute Gasteiger partial charge is 0.459 e. The number of halogens is 5. The summed E-state index contributed by atoms with van der Waals surface area (Å²) in [5.74, 6) is -4.86. The van der Waals surface area contributed by atoms with Crippen LogP contribution in [0, 0.1) is 0 Å². The van der Waals surface area contributed by atoms with Crippen molar-refractivity contribution in [2.24, 2.45) is 0 Å². The van der Waals surface area contributed by atoms with E-state index in [2.05, 4.69) is 12.2 Å². The summed E-state index contributed by atoms with van der Waals surface area (Å²) in [6, 6.07) is 0. The first-order valence-corrected chi connectivity index (χ1v) is 3.89. The molecule has 7 heteroatoms. The third-order valence-electron chi connectivity index (χ3n) is 0.798. The first-order valence-electron chi connectivity index (χ1n) is 2.26. The molecule has 0 bridgehead atoms. The Kier molecular flexibility index (Phi) is 3.25. The van der Waals surface area contributed by atoms with Crippen LogP contribution >= 0.6 is 24.0 Å². The first kappa shape index (κ1) is 11.1. The minimum Gasteiger partial charge on any atom is -0.189 e. The average molecular weight is 210 g/mol. The van der Waals surface area contributed by atoms with Crippen molar-refractivity contribution < 1.29 is 22.0 Å². The van der Waals surface area contributed by atoms with E-state index in [1.807, 2.05) is 0 Å². The van der Waals surface area contributed by atoms with Gasteiger partial charge in [-0.2, -0.15) is 22.0 Å². The smallest absolute Gasteiger partial charge is 0.189 e. The second kappa shape index (κ2) is 3.22. The van der Waals surface area contributed by atoms with Gasteiger partial charge in [0.25, 0.3) is 0 Å². The summed E-state index contributed by atoms with van der Waals surface area (Å²) in [4.78, 5) is 0. The molecule has 0 saturated heterocycles. The van der Waals surface area contributed by atoms with Crippen molar-refractivity contribution >= 4 is 28.2 Å². The number of hydrogen-bond donors (Lipinski definition) is 0. The van der Waals surface area contributed by atoms with Gasteiger partial charge in [0.05, 0.1) is 0 Å². The molecule has 0 aliphatic carbocycles. The molecule has 0 aliphatic heterocycles. The quantitative estimate of drug-likeness (QED) is 0.482. The second-order valence-electron chi connectivity index (χ2n) is 1.56. The summed E-state index contributed by atoms with van der Waals surface area (Å²) in [5, 5.41) is 0. The molecule has 66 valence electrons. The molecule has 0 saturated carbocycles. The fraction of sp³-hybridized carbons (Fsp3) is 0.750. The van der Waals surface area contributed by atoms with Gasteiger partial charge in [0, 0.05) is 0 Å².